The Labute approximate surface area is 132 Å². The molecular formula is C15H20BrNO4. The third-order valence-corrected chi connectivity index (χ3v) is 4.59. The summed E-state index contributed by atoms with van der Waals surface area (Å²) in [6.45, 7) is 4.08. The number of rotatable bonds is 4. The number of hydrogen-bond donors (Lipinski definition) is 1. The van der Waals surface area contributed by atoms with Crippen molar-refractivity contribution >= 4 is 27.8 Å². The van der Waals surface area contributed by atoms with Gasteiger partial charge in [-0.25, -0.2) is 4.79 Å². The predicted molar refractivity (Wildman–Crippen MR) is 80.8 cm³/mol. The van der Waals surface area contributed by atoms with Gasteiger partial charge in [0.1, 0.15) is 0 Å². The maximum Gasteiger partial charge on any atom is 0.374 e. The zero-order valence-corrected chi connectivity index (χ0v) is 13.8. The molecule has 1 N–H and O–H groups in total. The molecule has 1 aromatic rings. The molecule has 116 valence electrons. The lowest BCUT2D eigenvalue weighted by Crippen LogP contribution is -2.45. The van der Waals surface area contributed by atoms with Crippen LogP contribution in [0.2, 0.25) is 0 Å². The van der Waals surface area contributed by atoms with Gasteiger partial charge >= 0.3 is 5.97 Å². The fourth-order valence-electron chi connectivity index (χ4n) is 2.66. The molecule has 2 rings (SSSR count). The Balaban J connectivity index is 1.78. The molecule has 1 heterocycles. The van der Waals surface area contributed by atoms with Gasteiger partial charge in [0.25, 0.3) is 5.91 Å². The van der Waals surface area contributed by atoms with E-state index in [9.17, 15) is 9.59 Å². The van der Waals surface area contributed by atoms with Crippen LogP contribution in [0.1, 0.15) is 43.7 Å². The van der Waals surface area contributed by atoms with Gasteiger partial charge in [0, 0.05) is 6.04 Å². The highest BCUT2D eigenvalue weighted by atomic mass is 79.9. The lowest BCUT2D eigenvalue weighted by molar-refractivity contribution is -0.125. The number of furan rings is 1. The summed E-state index contributed by atoms with van der Waals surface area (Å²) in [6.07, 6.45) is 3.31. The first kappa shape index (κ1) is 16.1. The summed E-state index contributed by atoms with van der Waals surface area (Å²) in [6, 6.07) is 3.26. The lowest BCUT2D eigenvalue weighted by atomic mass is 9.78. The molecule has 1 fully saturated rings. The maximum absolute atomic E-state index is 11.9. The number of esters is 1. The fraction of sp³-hybridized carbons (Fsp3) is 0.600. The molecule has 0 bridgehead atoms. The summed E-state index contributed by atoms with van der Waals surface area (Å²) in [5.41, 5.74) is 0. The van der Waals surface area contributed by atoms with Crippen molar-refractivity contribution in [3.63, 3.8) is 0 Å². The van der Waals surface area contributed by atoms with Gasteiger partial charge in [-0.15, -0.1) is 0 Å². The molecule has 1 amide bonds. The van der Waals surface area contributed by atoms with Crippen molar-refractivity contribution in [1.29, 1.82) is 0 Å². The zero-order chi connectivity index (χ0) is 15.4. The monoisotopic (exact) mass is 357 g/mol. The van der Waals surface area contributed by atoms with E-state index in [4.69, 9.17) is 9.15 Å². The van der Waals surface area contributed by atoms with E-state index in [0.29, 0.717) is 16.5 Å². The summed E-state index contributed by atoms with van der Waals surface area (Å²) >= 11 is 3.10. The van der Waals surface area contributed by atoms with Crippen LogP contribution in [-0.4, -0.2) is 24.5 Å². The number of ether oxygens (including phenoxy) is 1. The van der Waals surface area contributed by atoms with Crippen LogP contribution in [-0.2, 0) is 9.53 Å². The number of carbonyl (C=O) groups excluding carboxylic acids is 2. The van der Waals surface area contributed by atoms with E-state index < -0.39 is 5.97 Å². The van der Waals surface area contributed by atoms with E-state index >= 15 is 0 Å². The molecule has 0 spiro atoms. The van der Waals surface area contributed by atoms with Crippen LogP contribution in [0.3, 0.4) is 0 Å². The van der Waals surface area contributed by atoms with E-state index in [0.717, 1.165) is 12.8 Å². The first-order chi connectivity index (χ1) is 9.97. The Morgan fingerprint density at radius 2 is 2.14 bits per heavy atom. The van der Waals surface area contributed by atoms with Crippen molar-refractivity contribution in [1.82, 2.24) is 5.32 Å². The molecule has 21 heavy (non-hydrogen) atoms. The van der Waals surface area contributed by atoms with Crippen LogP contribution in [0.25, 0.3) is 0 Å². The van der Waals surface area contributed by atoms with E-state index in [1.165, 1.54) is 12.5 Å². The van der Waals surface area contributed by atoms with Crippen molar-refractivity contribution in [2.45, 2.75) is 39.2 Å². The van der Waals surface area contributed by atoms with Crippen molar-refractivity contribution in [2.24, 2.45) is 11.8 Å². The third kappa shape index (κ3) is 4.33. The molecule has 3 atom stereocenters. The van der Waals surface area contributed by atoms with Crippen LogP contribution >= 0.6 is 15.9 Å². The quantitative estimate of drug-likeness (QED) is 0.840. The second-order valence-electron chi connectivity index (χ2n) is 5.62. The Morgan fingerprint density at radius 1 is 1.38 bits per heavy atom. The van der Waals surface area contributed by atoms with Gasteiger partial charge in [0.2, 0.25) is 5.76 Å². The maximum atomic E-state index is 11.9. The van der Waals surface area contributed by atoms with Gasteiger partial charge < -0.3 is 14.5 Å². The van der Waals surface area contributed by atoms with Crippen molar-refractivity contribution in [3.8, 4) is 0 Å². The molecule has 1 saturated carbocycles. The Hall–Kier alpha value is -1.30. The summed E-state index contributed by atoms with van der Waals surface area (Å²) in [4.78, 5) is 23.5. The Bertz CT molecular complexity index is 514. The minimum absolute atomic E-state index is 0.0781. The van der Waals surface area contributed by atoms with Gasteiger partial charge in [-0.2, -0.15) is 0 Å². The standard InChI is InChI=1S/C15H20BrNO4/c1-9-4-3-5-11(10(9)2)17-14(18)8-20-15(19)12-6-7-13(16)21-12/h6-7,9-11H,3-5,8H2,1-2H3,(H,17,18)/t9-,10+,11-/m0/s1. The average Bonchev–Trinajstić information content (AvgIpc) is 2.88. The van der Waals surface area contributed by atoms with Crippen LogP contribution < -0.4 is 5.32 Å². The molecule has 6 heteroatoms. The predicted octanol–water partition coefficient (Wildman–Crippen LogP) is 3.14. The van der Waals surface area contributed by atoms with Gasteiger partial charge in [0.05, 0.1) is 0 Å². The molecule has 1 aliphatic carbocycles. The highest BCUT2D eigenvalue weighted by Gasteiger charge is 2.28. The molecule has 0 saturated heterocycles. The van der Waals surface area contributed by atoms with Crippen molar-refractivity contribution in [2.75, 3.05) is 6.61 Å². The van der Waals surface area contributed by atoms with Crippen LogP contribution in [0.15, 0.2) is 21.2 Å². The number of nitrogens with one attached hydrogen (secondary N) is 1. The summed E-state index contributed by atoms with van der Waals surface area (Å²) < 4.78 is 10.5. The molecule has 1 aromatic heterocycles. The van der Waals surface area contributed by atoms with Gasteiger partial charge in [-0.05, 0) is 46.3 Å². The molecule has 5 nitrogen and oxygen atoms in total. The SMILES string of the molecule is C[C@H]1[C@@H](NC(=O)COC(=O)c2ccc(Br)o2)CCC[C@@H]1C. The van der Waals surface area contributed by atoms with Crippen LogP contribution in [0.5, 0.6) is 0 Å². The molecule has 1 aliphatic rings. The number of hydrogen-bond acceptors (Lipinski definition) is 4. The van der Waals surface area contributed by atoms with Crippen molar-refractivity contribution in [3.05, 3.63) is 22.6 Å². The summed E-state index contributed by atoms with van der Waals surface area (Å²) in [7, 11) is 0. The topological polar surface area (TPSA) is 68.5 Å². The van der Waals surface area contributed by atoms with E-state index in [2.05, 4.69) is 35.1 Å². The normalized spacial score (nSPS) is 25.4. The summed E-state index contributed by atoms with van der Waals surface area (Å²) in [5.74, 6) is 0.224. The van der Waals surface area contributed by atoms with Crippen molar-refractivity contribution < 1.29 is 18.7 Å². The molecule has 0 radical (unpaired) electrons. The minimum Gasteiger partial charge on any atom is -0.450 e. The van der Waals surface area contributed by atoms with Gasteiger partial charge in [-0.1, -0.05) is 26.7 Å². The van der Waals surface area contributed by atoms with E-state index in [1.807, 2.05) is 0 Å². The van der Waals surface area contributed by atoms with E-state index in [1.54, 1.807) is 6.07 Å². The highest BCUT2D eigenvalue weighted by molar-refractivity contribution is 9.10. The average molecular weight is 358 g/mol. The van der Waals surface area contributed by atoms with Crippen LogP contribution in [0.4, 0.5) is 0 Å². The van der Waals surface area contributed by atoms with Gasteiger partial charge in [0.15, 0.2) is 11.3 Å². The number of halogens is 1. The first-order valence-corrected chi connectivity index (χ1v) is 7.98. The zero-order valence-electron chi connectivity index (χ0n) is 12.2. The summed E-state index contributed by atoms with van der Waals surface area (Å²) in [5, 5.41) is 2.96. The van der Waals surface area contributed by atoms with Crippen LogP contribution in [0, 0.1) is 11.8 Å². The van der Waals surface area contributed by atoms with E-state index in [-0.39, 0.29) is 24.3 Å². The molecule has 0 aromatic carbocycles. The minimum atomic E-state index is -0.638. The number of amides is 1. The third-order valence-electron chi connectivity index (χ3n) is 4.16. The fourth-order valence-corrected chi connectivity index (χ4v) is 2.97. The Kier molecular flexibility index (Phi) is 5.45. The Morgan fingerprint density at radius 3 is 2.81 bits per heavy atom. The second-order valence-corrected chi connectivity index (χ2v) is 6.40. The second kappa shape index (κ2) is 7.11. The smallest absolute Gasteiger partial charge is 0.374 e. The van der Waals surface area contributed by atoms with Gasteiger partial charge in [-0.3, -0.25) is 4.79 Å². The molecule has 0 aliphatic heterocycles. The molecular weight excluding hydrogens is 338 g/mol. The first-order valence-electron chi connectivity index (χ1n) is 7.19. The largest absolute Gasteiger partial charge is 0.450 e. The lowest BCUT2D eigenvalue weighted by Gasteiger charge is -2.34. The number of carbonyl (C=O) groups is 2. The molecule has 0 unspecified atom stereocenters. The highest BCUT2D eigenvalue weighted by Crippen LogP contribution is 2.29.